The van der Waals surface area contributed by atoms with Crippen LogP contribution in [0.5, 0.6) is 0 Å². The molecule has 80 valence electrons. The predicted octanol–water partition coefficient (Wildman–Crippen LogP) is 1.66. The normalized spacial score (nSPS) is 11.9. The minimum Gasteiger partial charge on any atom is -0.346 e. The van der Waals surface area contributed by atoms with Gasteiger partial charge >= 0.3 is 0 Å². The molecule has 0 spiro atoms. The van der Waals surface area contributed by atoms with Crippen molar-refractivity contribution in [3.63, 3.8) is 0 Å². The number of halogens is 2. The lowest BCUT2D eigenvalue weighted by Crippen LogP contribution is -2.31. The van der Waals surface area contributed by atoms with Gasteiger partial charge in [0.2, 0.25) is 5.95 Å². The van der Waals surface area contributed by atoms with E-state index in [1.165, 1.54) is 6.08 Å². The van der Waals surface area contributed by atoms with Crippen molar-refractivity contribution >= 4 is 5.91 Å². The van der Waals surface area contributed by atoms with Gasteiger partial charge in [-0.2, -0.15) is 4.39 Å². The van der Waals surface area contributed by atoms with Crippen LogP contribution in [0.4, 0.5) is 8.78 Å². The number of carbonyl (C=O) groups is 1. The summed E-state index contributed by atoms with van der Waals surface area (Å²) in [5, 5.41) is 2.42. The smallest absolute Gasteiger partial charge is 0.254 e. The molecule has 1 unspecified atom stereocenters. The maximum atomic E-state index is 13.1. The molecule has 1 aromatic rings. The molecule has 0 saturated heterocycles. The summed E-state index contributed by atoms with van der Waals surface area (Å²) in [6.07, 6.45) is 2.51. The fraction of sp³-hybridized carbons (Fsp3) is 0.200. The summed E-state index contributed by atoms with van der Waals surface area (Å²) in [7, 11) is 0. The molecule has 1 heterocycles. The average Bonchev–Trinajstić information content (AvgIpc) is 2.21. The third-order valence-electron chi connectivity index (χ3n) is 1.80. The monoisotopic (exact) mass is 212 g/mol. The number of pyridine rings is 1. The molecule has 1 aromatic heterocycles. The van der Waals surface area contributed by atoms with Crippen LogP contribution in [0, 0.1) is 11.8 Å². The quantitative estimate of drug-likeness (QED) is 0.611. The summed E-state index contributed by atoms with van der Waals surface area (Å²) in [6, 6.07) is 0.803. The van der Waals surface area contributed by atoms with Crippen molar-refractivity contribution in [2.24, 2.45) is 0 Å². The molecule has 1 atom stereocenters. The Morgan fingerprint density at radius 2 is 2.33 bits per heavy atom. The van der Waals surface area contributed by atoms with Gasteiger partial charge in [0.25, 0.3) is 5.91 Å². The third kappa shape index (κ3) is 2.59. The molecule has 5 heteroatoms. The summed E-state index contributed by atoms with van der Waals surface area (Å²) in [5.74, 6) is -3.22. The second kappa shape index (κ2) is 4.63. The highest BCUT2D eigenvalue weighted by atomic mass is 19.2. The maximum absolute atomic E-state index is 13.1. The van der Waals surface area contributed by atoms with Crippen LogP contribution in [0.25, 0.3) is 0 Å². The molecule has 0 aromatic carbocycles. The molecule has 1 amide bonds. The van der Waals surface area contributed by atoms with Crippen LogP contribution in [0.2, 0.25) is 0 Å². The Balaban J connectivity index is 2.91. The first-order chi connectivity index (χ1) is 7.06. The highest BCUT2D eigenvalue weighted by molar-refractivity contribution is 5.94. The average molecular weight is 212 g/mol. The van der Waals surface area contributed by atoms with Crippen molar-refractivity contribution in [1.82, 2.24) is 10.3 Å². The van der Waals surface area contributed by atoms with Crippen LogP contribution < -0.4 is 5.32 Å². The van der Waals surface area contributed by atoms with E-state index in [4.69, 9.17) is 0 Å². The zero-order valence-corrected chi connectivity index (χ0v) is 8.13. The van der Waals surface area contributed by atoms with Crippen molar-refractivity contribution in [1.29, 1.82) is 0 Å². The number of hydrogen-bond acceptors (Lipinski definition) is 2. The van der Waals surface area contributed by atoms with E-state index >= 15 is 0 Å². The number of nitrogens with one attached hydrogen (secondary N) is 1. The molecule has 15 heavy (non-hydrogen) atoms. The third-order valence-corrected chi connectivity index (χ3v) is 1.80. The van der Waals surface area contributed by atoms with Gasteiger partial charge in [0, 0.05) is 12.2 Å². The van der Waals surface area contributed by atoms with E-state index in [1.807, 2.05) is 0 Å². The number of hydrogen-bond donors (Lipinski definition) is 1. The topological polar surface area (TPSA) is 42.0 Å². The fourth-order valence-electron chi connectivity index (χ4n) is 0.937. The highest BCUT2D eigenvalue weighted by Gasteiger charge is 2.16. The van der Waals surface area contributed by atoms with Crippen molar-refractivity contribution in [2.45, 2.75) is 13.0 Å². The number of rotatable bonds is 3. The lowest BCUT2D eigenvalue weighted by molar-refractivity contribution is 0.0941. The molecular weight excluding hydrogens is 202 g/mol. The Morgan fingerprint density at radius 1 is 1.67 bits per heavy atom. The van der Waals surface area contributed by atoms with Gasteiger partial charge in [-0.15, -0.1) is 6.58 Å². The molecule has 1 N–H and O–H groups in total. The lowest BCUT2D eigenvalue weighted by atomic mass is 10.2. The number of nitrogens with zero attached hydrogens (tertiary/aromatic N) is 1. The van der Waals surface area contributed by atoms with Crippen LogP contribution in [-0.4, -0.2) is 16.9 Å². The Hall–Kier alpha value is -1.78. The minimum absolute atomic E-state index is 0.312. The van der Waals surface area contributed by atoms with Gasteiger partial charge in [0.05, 0.1) is 5.56 Å². The van der Waals surface area contributed by atoms with Crippen LogP contribution in [0.1, 0.15) is 17.3 Å². The van der Waals surface area contributed by atoms with E-state index < -0.39 is 17.7 Å². The first kappa shape index (κ1) is 11.3. The zero-order chi connectivity index (χ0) is 11.4. The molecule has 0 fully saturated rings. The maximum Gasteiger partial charge on any atom is 0.254 e. The summed E-state index contributed by atoms with van der Waals surface area (Å²) >= 11 is 0. The van der Waals surface area contributed by atoms with E-state index in [0.29, 0.717) is 0 Å². The second-order valence-electron chi connectivity index (χ2n) is 2.96. The van der Waals surface area contributed by atoms with Crippen LogP contribution in [0.3, 0.4) is 0 Å². The first-order valence-corrected chi connectivity index (χ1v) is 4.29. The largest absolute Gasteiger partial charge is 0.346 e. The van der Waals surface area contributed by atoms with E-state index in [0.717, 1.165) is 12.3 Å². The van der Waals surface area contributed by atoms with Crippen molar-refractivity contribution < 1.29 is 13.6 Å². The number of aromatic nitrogens is 1. The van der Waals surface area contributed by atoms with Gasteiger partial charge in [-0.25, -0.2) is 9.37 Å². The number of carbonyl (C=O) groups excluding carboxylic acids is 1. The molecule has 0 bridgehead atoms. The second-order valence-corrected chi connectivity index (χ2v) is 2.96. The van der Waals surface area contributed by atoms with Gasteiger partial charge in [0.1, 0.15) is 0 Å². The summed E-state index contributed by atoms with van der Waals surface area (Å²) in [5.41, 5.74) is -0.365. The van der Waals surface area contributed by atoms with Gasteiger partial charge in [-0.05, 0) is 13.0 Å². The van der Waals surface area contributed by atoms with Crippen LogP contribution in [-0.2, 0) is 0 Å². The molecule has 0 aliphatic carbocycles. The number of amides is 1. The van der Waals surface area contributed by atoms with Crippen molar-refractivity contribution in [3.05, 3.63) is 42.2 Å². The molecule has 0 radical (unpaired) electrons. The lowest BCUT2D eigenvalue weighted by Gasteiger charge is -2.09. The van der Waals surface area contributed by atoms with E-state index in [9.17, 15) is 13.6 Å². The Kier molecular flexibility index (Phi) is 3.49. The molecule has 0 aliphatic rings. The van der Waals surface area contributed by atoms with Gasteiger partial charge in [0.15, 0.2) is 5.82 Å². The predicted molar refractivity (Wildman–Crippen MR) is 51.3 cm³/mol. The molecular formula is C10H10F2N2O. The fourth-order valence-corrected chi connectivity index (χ4v) is 0.937. The Morgan fingerprint density at radius 3 is 2.93 bits per heavy atom. The Bertz CT molecular complexity index is 393. The summed E-state index contributed by atoms with van der Waals surface area (Å²) in [4.78, 5) is 14.5. The molecule has 0 saturated carbocycles. The van der Waals surface area contributed by atoms with Crippen molar-refractivity contribution in [3.8, 4) is 0 Å². The highest BCUT2D eigenvalue weighted by Crippen LogP contribution is 2.08. The molecule has 1 rings (SSSR count). The molecule has 3 nitrogen and oxygen atoms in total. The zero-order valence-electron chi connectivity index (χ0n) is 8.13. The van der Waals surface area contributed by atoms with Crippen LogP contribution in [0.15, 0.2) is 24.9 Å². The summed E-state index contributed by atoms with van der Waals surface area (Å²) in [6.45, 7) is 5.12. The van der Waals surface area contributed by atoms with E-state index in [-0.39, 0.29) is 11.6 Å². The van der Waals surface area contributed by atoms with E-state index in [1.54, 1.807) is 6.92 Å². The minimum atomic E-state index is -1.28. The van der Waals surface area contributed by atoms with Crippen LogP contribution >= 0.6 is 0 Å². The van der Waals surface area contributed by atoms with Gasteiger partial charge in [-0.1, -0.05) is 6.08 Å². The van der Waals surface area contributed by atoms with Gasteiger partial charge in [-0.3, -0.25) is 4.79 Å². The van der Waals surface area contributed by atoms with Gasteiger partial charge < -0.3 is 5.32 Å². The standard InChI is InChI=1S/C10H10F2N2O/c1-3-6(2)14-10(15)7-4-5-13-9(12)8(7)11/h3-6H,1H2,2H3,(H,14,15). The SMILES string of the molecule is C=CC(C)NC(=O)c1ccnc(F)c1F. The van der Waals surface area contributed by atoms with E-state index in [2.05, 4.69) is 16.9 Å². The van der Waals surface area contributed by atoms with Crippen molar-refractivity contribution in [2.75, 3.05) is 0 Å². The molecule has 0 aliphatic heterocycles. The first-order valence-electron chi connectivity index (χ1n) is 4.29. The Labute approximate surface area is 85.8 Å². The summed E-state index contributed by atoms with van der Waals surface area (Å²) < 4.78 is 25.8.